The maximum atomic E-state index is 11.6. The van der Waals surface area contributed by atoms with E-state index in [0.717, 1.165) is 0 Å². The lowest BCUT2D eigenvalue weighted by Gasteiger charge is -2.13. The van der Waals surface area contributed by atoms with Gasteiger partial charge in [0.15, 0.2) is 0 Å². The SMILES string of the molecule is CCC(N)C(=O)Nc1c(Cl)cc(C(=O)O)cc1Cl. The molecule has 0 radical (unpaired) electrons. The van der Waals surface area contributed by atoms with Gasteiger partial charge in [-0.3, -0.25) is 4.79 Å². The number of aromatic carboxylic acids is 1. The largest absolute Gasteiger partial charge is 0.478 e. The summed E-state index contributed by atoms with van der Waals surface area (Å²) in [4.78, 5) is 22.4. The van der Waals surface area contributed by atoms with E-state index in [4.69, 9.17) is 34.0 Å². The molecule has 0 saturated heterocycles. The third-order valence-corrected chi connectivity index (χ3v) is 2.91. The highest BCUT2D eigenvalue weighted by Crippen LogP contribution is 2.32. The zero-order valence-electron chi connectivity index (χ0n) is 9.54. The van der Waals surface area contributed by atoms with Crippen molar-refractivity contribution in [3.05, 3.63) is 27.7 Å². The number of hydrogen-bond acceptors (Lipinski definition) is 3. The second-order valence-electron chi connectivity index (χ2n) is 3.62. The van der Waals surface area contributed by atoms with Gasteiger partial charge in [0.05, 0.1) is 27.3 Å². The van der Waals surface area contributed by atoms with Crippen LogP contribution in [0, 0.1) is 0 Å². The Hall–Kier alpha value is -1.30. The van der Waals surface area contributed by atoms with Crippen molar-refractivity contribution in [1.29, 1.82) is 0 Å². The van der Waals surface area contributed by atoms with E-state index in [1.54, 1.807) is 6.92 Å². The number of rotatable bonds is 4. The Morgan fingerprint density at radius 1 is 1.39 bits per heavy atom. The molecule has 0 aliphatic heterocycles. The number of carboxylic acids is 1. The molecule has 1 atom stereocenters. The molecule has 18 heavy (non-hydrogen) atoms. The molecule has 1 aromatic carbocycles. The summed E-state index contributed by atoms with van der Waals surface area (Å²) in [5, 5.41) is 11.4. The molecule has 0 aromatic heterocycles. The monoisotopic (exact) mass is 290 g/mol. The third-order valence-electron chi connectivity index (χ3n) is 2.31. The quantitative estimate of drug-likeness (QED) is 0.794. The van der Waals surface area contributed by atoms with Crippen LogP contribution >= 0.6 is 23.2 Å². The van der Waals surface area contributed by atoms with Gasteiger partial charge in [0, 0.05) is 0 Å². The molecule has 0 heterocycles. The van der Waals surface area contributed by atoms with E-state index in [1.165, 1.54) is 12.1 Å². The van der Waals surface area contributed by atoms with Crippen LogP contribution in [0.4, 0.5) is 5.69 Å². The predicted molar refractivity (Wildman–Crippen MR) is 70.3 cm³/mol. The van der Waals surface area contributed by atoms with Crippen LogP contribution in [0.2, 0.25) is 10.0 Å². The first-order valence-corrected chi connectivity index (χ1v) is 5.91. The van der Waals surface area contributed by atoms with Crippen molar-refractivity contribution in [2.45, 2.75) is 19.4 Å². The van der Waals surface area contributed by atoms with Crippen molar-refractivity contribution < 1.29 is 14.7 Å². The van der Waals surface area contributed by atoms with Gasteiger partial charge in [0.2, 0.25) is 5.91 Å². The van der Waals surface area contributed by atoms with Crippen LogP contribution in [0.3, 0.4) is 0 Å². The lowest BCUT2D eigenvalue weighted by atomic mass is 10.2. The molecule has 98 valence electrons. The highest BCUT2D eigenvalue weighted by Gasteiger charge is 2.17. The Morgan fingerprint density at radius 2 is 1.89 bits per heavy atom. The van der Waals surface area contributed by atoms with Crippen LogP contribution in [0.1, 0.15) is 23.7 Å². The first-order chi connectivity index (χ1) is 8.36. The summed E-state index contributed by atoms with van der Waals surface area (Å²) in [6.07, 6.45) is 0.467. The molecule has 1 aromatic rings. The summed E-state index contributed by atoms with van der Waals surface area (Å²) in [7, 11) is 0. The number of halogens is 2. The van der Waals surface area contributed by atoms with Gasteiger partial charge in [-0.15, -0.1) is 0 Å². The van der Waals surface area contributed by atoms with Gasteiger partial charge in [-0.2, -0.15) is 0 Å². The second-order valence-corrected chi connectivity index (χ2v) is 4.44. The topological polar surface area (TPSA) is 92.4 Å². The van der Waals surface area contributed by atoms with Gasteiger partial charge in [0.25, 0.3) is 0 Å². The minimum Gasteiger partial charge on any atom is -0.478 e. The lowest BCUT2D eigenvalue weighted by Crippen LogP contribution is -2.35. The molecule has 0 aliphatic rings. The summed E-state index contributed by atoms with van der Waals surface area (Å²) < 4.78 is 0. The highest BCUT2D eigenvalue weighted by atomic mass is 35.5. The Balaban J connectivity index is 3.04. The zero-order valence-corrected chi connectivity index (χ0v) is 11.0. The molecular weight excluding hydrogens is 279 g/mol. The molecule has 0 fully saturated rings. The number of hydrogen-bond donors (Lipinski definition) is 3. The van der Waals surface area contributed by atoms with E-state index in [2.05, 4.69) is 5.32 Å². The number of carboxylic acid groups (broad SMARTS) is 1. The minimum absolute atomic E-state index is 0.0524. The number of carbonyl (C=O) groups is 2. The smallest absolute Gasteiger partial charge is 0.335 e. The number of nitrogens with one attached hydrogen (secondary N) is 1. The van der Waals surface area contributed by atoms with E-state index in [0.29, 0.717) is 6.42 Å². The van der Waals surface area contributed by atoms with Gasteiger partial charge in [-0.25, -0.2) is 4.79 Å². The van der Waals surface area contributed by atoms with E-state index in [9.17, 15) is 9.59 Å². The number of anilines is 1. The summed E-state index contributed by atoms with van der Waals surface area (Å²) in [6, 6.07) is 1.75. The second kappa shape index (κ2) is 6.04. The predicted octanol–water partition coefficient (Wildman–Crippen LogP) is 2.37. The van der Waals surface area contributed by atoms with Gasteiger partial charge < -0.3 is 16.2 Å². The average Bonchev–Trinajstić information content (AvgIpc) is 2.31. The molecule has 4 N–H and O–H groups in total. The maximum absolute atomic E-state index is 11.6. The Kier molecular flexibility index (Phi) is 4.95. The summed E-state index contributed by atoms with van der Waals surface area (Å²) >= 11 is 11.7. The molecule has 0 saturated carbocycles. The Labute approximate surface area is 114 Å². The molecule has 0 aliphatic carbocycles. The summed E-state index contributed by atoms with van der Waals surface area (Å²) in [5.41, 5.74) is 5.66. The van der Waals surface area contributed by atoms with Crippen LogP contribution < -0.4 is 11.1 Å². The van der Waals surface area contributed by atoms with Gasteiger partial charge in [0.1, 0.15) is 0 Å². The normalized spacial score (nSPS) is 12.0. The van der Waals surface area contributed by atoms with E-state index in [1.807, 2.05) is 0 Å². The highest BCUT2D eigenvalue weighted by molar-refractivity contribution is 6.40. The standard InChI is InChI=1S/C11H12Cl2N2O3/c1-2-8(14)10(16)15-9-6(12)3-5(11(17)18)4-7(9)13/h3-4,8H,2,14H2,1H3,(H,15,16)(H,17,18). The minimum atomic E-state index is -1.15. The number of amides is 1. The van der Waals surface area contributed by atoms with E-state index in [-0.39, 0.29) is 21.3 Å². The lowest BCUT2D eigenvalue weighted by molar-refractivity contribution is -0.117. The van der Waals surface area contributed by atoms with Gasteiger partial charge in [-0.1, -0.05) is 30.1 Å². The summed E-state index contributed by atoms with van der Waals surface area (Å²) in [5.74, 6) is -1.58. The van der Waals surface area contributed by atoms with Crippen molar-refractivity contribution >= 4 is 40.8 Å². The number of carbonyl (C=O) groups excluding carboxylic acids is 1. The molecule has 7 heteroatoms. The van der Waals surface area contributed by atoms with Crippen LogP contribution in [-0.4, -0.2) is 23.0 Å². The van der Waals surface area contributed by atoms with Crippen molar-refractivity contribution in [1.82, 2.24) is 0 Å². The van der Waals surface area contributed by atoms with Crippen LogP contribution in [-0.2, 0) is 4.79 Å². The van der Waals surface area contributed by atoms with E-state index < -0.39 is 17.9 Å². The molecular formula is C11H12Cl2N2O3. The first-order valence-electron chi connectivity index (χ1n) is 5.15. The van der Waals surface area contributed by atoms with Crippen LogP contribution in [0.15, 0.2) is 12.1 Å². The third kappa shape index (κ3) is 3.35. The molecule has 1 amide bonds. The fourth-order valence-corrected chi connectivity index (χ4v) is 1.80. The average molecular weight is 291 g/mol. The van der Waals surface area contributed by atoms with Crippen molar-refractivity contribution in [2.75, 3.05) is 5.32 Å². The van der Waals surface area contributed by atoms with Crippen LogP contribution in [0.5, 0.6) is 0 Å². The Bertz CT molecular complexity index is 468. The molecule has 1 unspecified atom stereocenters. The van der Waals surface area contributed by atoms with Gasteiger partial charge in [-0.05, 0) is 18.6 Å². The number of benzene rings is 1. The molecule has 0 spiro atoms. The first kappa shape index (κ1) is 14.8. The number of nitrogens with two attached hydrogens (primary N) is 1. The van der Waals surface area contributed by atoms with Crippen molar-refractivity contribution in [2.24, 2.45) is 5.73 Å². The van der Waals surface area contributed by atoms with Gasteiger partial charge >= 0.3 is 5.97 Å². The van der Waals surface area contributed by atoms with E-state index >= 15 is 0 Å². The van der Waals surface area contributed by atoms with Crippen LogP contribution in [0.25, 0.3) is 0 Å². The molecule has 5 nitrogen and oxygen atoms in total. The maximum Gasteiger partial charge on any atom is 0.335 e. The molecule has 1 rings (SSSR count). The summed E-state index contributed by atoms with van der Waals surface area (Å²) in [6.45, 7) is 1.76. The zero-order chi connectivity index (χ0) is 13.9. The van der Waals surface area contributed by atoms with Crippen molar-refractivity contribution in [3.63, 3.8) is 0 Å². The molecule has 0 bridgehead atoms. The Morgan fingerprint density at radius 3 is 2.28 bits per heavy atom. The fraction of sp³-hybridized carbons (Fsp3) is 0.273. The fourth-order valence-electron chi connectivity index (χ4n) is 1.22. The van der Waals surface area contributed by atoms with Crippen molar-refractivity contribution in [3.8, 4) is 0 Å².